The number of benzene rings is 3. The number of nitrogens with zero attached hydrogens (tertiary/aromatic N) is 4. The summed E-state index contributed by atoms with van der Waals surface area (Å²) >= 11 is 0. The predicted molar refractivity (Wildman–Crippen MR) is 140 cm³/mol. The van der Waals surface area contributed by atoms with Gasteiger partial charge in [-0.05, 0) is 72.5 Å². The van der Waals surface area contributed by atoms with Crippen LogP contribution in [0.25, 0.3) is 22.0 Å². The number of carbonyl (C=O) groups excluding carboxylic acids is 1. The molecule has 35 heavy (non-hydrogen) atoms. The highest BCUT2D eigenvalue weighted by molar-refractivity contribution is 5.86. The molecule has 1 aromatic heterocycles. The summed E-state index contributed by atoms with van der Waals surface area (Å²) < 4.78 is 5.88. The van der Waals surface area contributed by atoms with Gasteiger partial charge in [-0.1, -0.05) is 42.5 Å². The Bertz CT molecular complexity index is 1360. The van der Waals surface area contributed by atoms with E-state index in [9.17, 15) is 4.79 Å². The summed E-state index contributed by atoms with van der Waals surface area (Å²) in [5, 5.41) is 11.4. The van der Waals surface area contributed by atoms with Gasteiger partial charge in [0, 0.05) is 31.7 Å². The normalized spacial score (nSPS) is 13.8. The molecule has 0 atom stereocenters. The van der Waals surface area contributed by atoms with Gasteiger partial charge in [0.2, 0.25) is 0 Å². The lowest BCUT2D eigenvalue weighted by Crippen LogP contribution is -2.50. The monoisotopic (exact) mass is 466 g/mol. The quantitative estimate of drug-likeness (QED) is 0.417. The molecule has 1 fully saturated rings. The second-order valence-electron chi connectivity index (χ2n) is 9.20. The smallest absolute Gasteiger partial charge is 0.260 e. The van der Waals surface area contributed by atoms with Gasteiger partial charge in [0.15, 0.2) is 12.4 Å². The summed E-state index contributed by atoms with van der Waals surface area (Å²) in [4.78, 5) is 16.8. The molecular weight excluding hydrogens is 436 g/mol. The molecule has 4 aromatic rings. The molecule has 0 bridgehead atoms. The zero-order valence-electron chi connectivity index (χ0n) is 20.5. The molecule has 6 nitrogen and oxygen atoms in total. The van der Waals surface area contributed by atoms with Crippen LogP contribution in [0.2, 0.25) is 0 Å². The number of hydrogen-bond acceptors (Lipinski definition) is 5. The van der Waals surface area contributed by atoms with Crippen LogP contribution in [0.1, 0.15) is 16.7 Å². The summed E-state index contributed by atoms with van der Waals surface area (Å²) in [6.07, 6.45) is 0. The van der Waals surface area contributed by atoms with Crippen molar-refractivity contribution in [2.24, 2.45) is 0 Å². The number of aromatic nitrogens is 2. The molecule has 1 aliphatic heterocycles. The van der Waals surface area contributed by atoms with Gasteiger partial charge in [-0.15, -0.1) is 10.2 Å². The summed E-state index contributed by atoms with van der Waals surface area (Å²) in [6.45, 7) is 8.91. The Balaban J connectivity index is 1.17. The first-order chi connectivity index (χ1) is 17.0. The van der Waals surface area contributed by atoms with Gasteiger partial charge < -0.3 is 14.5 Å². The molecule has 5 rings (SSSR count). The van der Waals surface area contributed by atoms with E-state index in [1.165, 1.54) is 16.3 Å². The fraction of sp³-hybridized carbons (Fsp3) is 0.276. The van der Waals surface area contributed by atoms with E-state index >= 15 is 0 Å². The Kier molecular flexibility index (Phi) is 6.36. The zero-order valence-corrected chi connectivity index (χ0v) is 20.5. The molecule has 2 heterocycles. The van der Waals surface area contributed by atoms with Crippen LogP contribution in [0.3, 0.4) is 0 Å². The Morgan fingerprint density at radius 1 is 0.857 bits per heavy atom. The van der Waals surface area contributed by atoms with Gasteiger partial charge in [-0.25, -0.2) is 0 Å². The molecule has 6 heteroatoms. The van der Waals surface area contributed by atoms with Crippen molar-refractivity contribution >= 4 is 22.5 Å². The SMILES string of the molecule is Cc1cc(C)c(C)c(OCC(=O)N2CCN(c3ccc(-c4ccc5ccccc5c4)nn3)CC2)c1. The summed E-state index contributed by atoms with van der Waals surface area (Å²) in [6, 6.07) is 22.8. The number of piperazine rings is 1. The van der Waals surface area contributed by atoms with Crippen molar-refractivity contribution in [1.29, 1.82) is 0 Å². The first-order valence-electron chi connectivity index (χ1n) is 12.0. The minimum Gasteiger partial charge on any atom is -0.483 e. The molecule has 0 aliphatic carbocycles. The average Bonchev–Trinajstić information content (AvgIpc) is 2.89. The van der Waals surface area contributed by atoms with Crippen LogP contribution in [-0.2, 0) is 4.79 Å². The van der Waals surface area contributed by atoms with Crippen molar-refractivity contribution in [2.45, 2.75) is 20.8 Å². The number of carbonyl (C=O) groups is 1. The first kappa shape index (κ1) is 22.8. The van der Waals surface area contributed by atoms with Crippen LogP contribution in [0.15, 0.2) is 66.7 Å². The van der Waals surface area contributed by atoms with E-state index < -0.39 is 0 Å². The number of hydrogen-bond donors (Lipinski definition) is 0. The second kappa shape index (κ2) is 9.74. The minimum absolute atomic E-state index is 0.0148. The van der Waals surface area contributed by atoms with Gasteiger partial charge in [0.05, 0.1) is 5.69 Å². The molecule has 1 saturated heterocycles. The predicted octanol–water partition coefficient (Wildman–Crippen LogP) is 4.95. The highest BCUT2D eigenvalue weighted by atomic mass is 16.5. The Morgan fingerprint density at radius 2 is 1.63 bits per heavy atom. The molecule has 0 N–H and O–H groups in total. The van der Waals surface area contributed by atoms with Crippen LogP contribution >= 0.6 is 0 Å². The summed E-state index contributed by atoms with van der Waals surface area (Å²) in [7, 11) is 0. The molecule has 0 radical (unpaired) electrons. The van der Waals surface area contributed by atoms with Crippen LogP contribution in [-0.4, -0.2) is 53.8 Å². The fourth-order valence-electron chi connectivity index (χ4n) is 4.56. The fourth-order valence-corrected chi connectivity index (χ4v) is 4.56. The maximum atomic E-state index is 12.7. The van der Waals surface area contributed by atoms with E-state index in [0.717, 1.165) is 47.0 Å². The molecular formula is C29H30N4O2. The molecule has 1 amide bonds. The number of fused-ring (bicyclic) bond motifs is 1. The average molecular weight is 467 g/mol. The number of ether oxygens (including phenoxy) is 1. The standard InChI is InChI=1S/C29H30N4O2/c1-20-16-21(2)22(3)27(17-20)35-19-29(34)33-14-12-32(13-15-33)28-11-10-26(30-31-28)25-9-8-23-6-4-5-7-24(23)18-25/h4-11,16-18H,12-15,19H2,1-3H3. The number of anilines is 1. The van der Waals surface area contributed by atoms with Crippen LogP contribution in [0, 0.1) is 20.8 Å². The topological polar surface area (TPSA) is 58.6 Å². The van der Waals surface area contributed by atoms with Crippen molar-refractivity contribution in [3.8, 4) is 17.0 Å². The Labute approximate surface area is 206 Å². The van der Waals surface area contributed by atoms with Crippen molar-refractivity contribution in [3.63, 3.8) is 0 Å². The van der Waals surface area contributed by atoms with Crippen molar-refractivity contribution < 1.29 is 9.53 Å². The minimum atomic E-state index is 0.0148. The van der Waals surface area contributed by atoms with Crippen molar-refractivity contribution in [1.82, 2.24) is 15.1 Å². The largest absolute Gasteiger partial charge is 0.483 e. The van der Waals surface area contributed by atoms with Gasteiger partial charge in [0.1, 0.15) is 5.75 Å². The molecule has 178 valence electrons. The highest BCUT2D eigenvalue weighted by Gasteiger charge is 2.23. The van der Waals surface area contributed by atoms with Crippen LogP contribution < -0.4 is 9.64 Å². The van der Waals surface area contributed by atoms with E-state index in [1.807, 2.05) is 49.1 Å². The molecule has 0 saturated carbocycles. The van der Waals surface area contributed by atoms with Gasteiger partial charge in [-0.3, -0.25) is 4.79 Å². The highest BCUT2D eigenvalue weighted by Crippen LogP contribution is 2.25. The lowest BCUT2D eigenvalue weighted by atomic mass is 10.1. The van der Waals surface area contributed by atoms with E-state index in [1.54, 1.807) is 0 Å². The van der Waals surface area contributed by atoms with Crippen LogP contribution in [0.4, 0.5) is 5.82 Å². The summed E-state index contributed by atoms with van der Waals surface area (Å²) in [5.74, 6) is 1.64. The molecule has 1 aliphatic rings. The van der Waals surface area contributed by atoms with Crippen molar-refractivity contribution in [2.75, 3.05) is 37.7 Å². The number of aryl methyl sites for hydroxylation is 2. The Morgan fingerprint density at radius 3 is 2.37 bits per heavy atom. The molecule has 3 aromatic carbocycles. The van der Waals surface area contributed by atoms with Crippen molar-refractivity contribution in [3.05, 3.63) is 83.4 Å². The third kappa shape index (κ3) is 4.97. The van der Waals surface area contributed by atoms with E-state index in [2.05, 4.69) is 58.4 Å². The molecule has 0 unspecified atom stereocenters. The van der Waals surface area contributed by atoms with E-state index in [-0.39, 0.29) is 12.5 Å². The van der Waals surface area contributed by atoms with Gasteiger partial charge >= 0.3 is 0 Å². The molecule has 0 spiro atoms. The lowest BCUT2D eigenvalue weighted by molar-refractivity contribution is -0.133. The summed E-state index contributed by atoms with van der Waals surface area (Å²) in [5.41, 5.74) is 5.30. The number of amides is 1. The van der Waals surface area contributed by atoms with Gasteiger partial charge in [-0.2, -0.15) is 0 Å². The zero-order chi connectivity index (χ0) is 24.4. The first-order valence-corrected chi connectivity index (χ1v) is 12.0. The van der Waals surface area contributed by atoms with Crippen LogP contribution in [0.5, 0.6) is 5.75 Å². The lowest BCUT2D eigenvalue weighted by Gasteiger charge is -2.35. The Hall–Kier alpha value is -3.93. The number of rotatable bonds is 5. The van der Waals surface area contributed by atoms with E-state index in [0.29, 0.717) is 13.1 Å². The third-order valence-electron chi connectivity index (χ3n) is 6.77. The van der Waals surface area contributed by atoms with E-state index in [4.69, 9.17) is 4.74 Å². The third-order valence-corrected chi connectivity index (χ3v) is 6.77. The maximum absolute atomic E-state index is 12.7. The second-order valence-corrected chi connectivity index (χ2v) is 9.20. The maximum Gasteiger partial charge on any atom is 0.260 e. The van der Waals surface area contributed by atoms with Gasteiger partial charge in [0.25, 0.3) is 5.91 Å².